The van der Waals surface area contributed by atoms with Crippen LogP contribution in [0.15, 0.2) is 0 Å². The lowest BCUT2D eigenvalue weighted by molar-refractivity contribution is -0.150. The molecular weight excluding hydrogens is 258 g/mol. The van der Waals surface area contributed by atoms with Crippen LogP contribution in [0.1, 0.15) is 60.8 Å². The van der Waals surface area contributed by atoms with Crippen molar-refractivity contribution in [2.45, 2.75) is 71.9 Å². The maximum atomic E-state index is 11.9. The molecule has 0 aliphatic heterocycles. The van der Waals surface area contributed by atoms with Crippen molar-refractivity contribution in [3.05, 3.63) is 0 Å². The number of alkyl carbamates (subject to hydrolysis) is 1. The molecule has 1 aliphatic carbocycles. The number of amides is 1. The van der Waals surface area contributed by atoms with E-state index in [1.54, 1.807) is 20.8 Å². The van der Waals surface area contributed by atoms with Gasteiger partial charge in [0.15, 0.2) is 0 Å². The van der Waals surface area contributed by atoms with Crippen molar-refractivity contribution in [3.63, 3.8) is 0 Å². The number of hydrogen-bond acceptors (Lipinski definition) is 3. The predicted octanol–water partition coefficient (Wildman–Crippen LogP) is 3.18. The van der Waals surface area contributed by atoms with Crippen molar-refractivity contribution in [3.8, 4) is 0 Å². The Balaban J connectivity index is 2.89. The third kappa shape index (κ3) is 3.87. The van der Waals surface area contributed by atoms with Crippen LogP contribution in [0.25, 0.3) is 0 Å². The molecule has 0 spiro atoms. The summed E-state index contributed by atoms with van der Waals surface area (Å²) in [5.41, 5.74) is -1.76. The molecule has 5 heteroatoms. The van der Waals surface area contributed by atoms with Gasteiger partial charge < -0.3 is 15.2 Å². The minimum atomic E-state index is -1.22. The molecule has 0 bridgehead atoms. The van der Waals surface area contributed by atoms with Gasteiger partial charge in [0.25, 0.3) is 0 Å². The van der Waals surface area contributed by atoms with Crippen molar-refractivity contribution in [2.24, 2.45) is 11.3 Å². The summed E-state index contributed by atoms with van der Waals surface area (Å²) in [6.07, 6.45) is 1.29. The molecule has 20 heavy (non-hydrogen) atoms. The summed E-state index contributed by atoms with van der Waals surface area (Å²) < 4.78 is 5.20. The van der Waals surface area contributed by atoms with Gasteiger partial charge in [0.05, 0.1) is 0 Å². The van der Waals surface area contributed by atoms with E-state index >= 15 is 0 Å². The second kappa shape index (κ2) is 5.26. The summed E-state index contributed by atoms with van der Waals surface area (Å²) in [5, 5.41) is 12.2. The zero-order valence-electron chi connectivity index (χ0n) is 13.4. The number of ether oxygens (including phenoxy) is 1. The van der Waals surface area contributed by atoms with E-state index in [0.29, 0.717) is 6.42 Å². The number of rotatable bonds is 2. The Labute approximate surface area is 121 Å². The molecule has 1 saturated carbocycles. The second-order valence-corrected chi connectivity index (χ2v) is 7.67. The number of nitrogens with one attached hydrogen (secondary N) is 1. The lowest BCUT2D eigenvalue weighted by Crippen LogP contribution is -2.62. The van der Waals surface area contributed by atoms with Crippen LogP contribution in [-0.4, -0.2) is 28.3 Å². The first kappa shape index (κ1) is 16.8. The minimum Gasteiger partial charge on any atom is -0.479 e. The molecule has 1 fully saturated rings. The number of carbonyl (C=O) groups excluding carboxylic acids is 1. The third-order valence-electron chi connectivity index (χ3n) is 4.00. The average Bonchev–Trinajstić information content (AvgIpc) is 2.18. The molecule has 0 aromatic carbocycles. The highest BCUT2D eigenvalue weighted by Gasteiger charge is 2.50. The topological polar surface area (TPSA) is 75.6 Å². The van der Waals surface area contributed by atoms with Crippen LogP contribution in [-0.2, 0) is 9.53 Å². The molecule has 1 rings (SSSR count). The van der Waals surface area contributed by atoms with Gasteiger partial charge in [0, 0.05) is 0 Å². The van der Waals surface area contributed by atoms with Gasteiger partial charge in [-0.15, -0.1) is 0 Å². The van der Waals surface area contributed by atoms with Crippen molar-refractivity contribution in [2.75, 3.05) is 0 Å². The Morgan fingerprint density at radius 1 is 1.25 bits per heavy atom. The largest absolute Gasteiger partial charge is 0.479 e. The Bertz CT molecular complexity index is 397. The molecule has 5 nitrogen and oxygen atoms in total. The maximum Gasteiger partial charge on any atom is 0.408 e. The van der Waals surface area contributed by atoms with E-state index < -0.39 is 23.2 Å². The van der Waals surface area contributed by atoms with Gasteiger partial charge in [-0.2, -0.15) is 0 Å². The molecule has 0 aromatic heterocycles. The number of carboxylic acids is 1. The quantitative estimate of drug-likeness (QED) is 0.817. The normalized spacial score (nSPS) is 29.6. The van der Waals surface area contributed by atoms with Crippen LogP contribution in [0.3, 0.4) is 0 Å². The highest BCUT2D eigenvalue weighted by atomic mass is 16.6. The van der Waals surface area contributed by atoms with Gasteiger partial charge in [-0.05, 0) is 51.4 Å². The monoisotopic (exact) mass is 285 g/mol. The SMILES string of the molecule is CC1CC(C)(C)CCC1(NC(=O)OC(C)(C)C)C(=O)O. The van der Waals surface area contributed by atoms with E-state index in [0.717, 1.165) is 12.8 Å². The fourth-order valence-corrected chi connectivity index (χ4v) is 2.93. The molecule has 1 aliphatic rings. The molecule has 2 atom stereocenters. The fourth-order valence-electron chi connectivity index (χ4n) is 2.93. The Hall–Kier alpha value is -1.26. The third-order valence-corrected chi connectivity index (χ3v) is 4.00. The van der Waals surface area contributed by atoms with E-state index in [4.69, 9.17) is 4.74 Å². The van der Waals surface area contributed by atoms with E-state index in [-0.39, 0.29) is 11.3 Å². The van der Waals surface area contributed by atoms with Crippen LogP contribution < -0.4 is 5.32 Å². The zero-order valence-corrected chi connectivity index (χ0v) is 13.4. The van der Waals surface area contributed by atoms with Crippen LogP contribution in [0.5, 0.6) is 0 Å². The summed E-state index contributed by atoms with van der Waals surface area (Å²) in [7, 11) is 0. The molecule has 2 N–H and O–H groups in total. The van der Waals surface area contributed by atoms with Gasteiger partial charge >= 0.3 is 12.1 Å². The van der Waals surface area contributed by atoms with Crippen LogP contribution in [0, 0.1) is 11.3 Å². The van der Waals surface area contributed by atoms with Crippen molar-refractivity contribution < 1.29 is 19.4 Å². The Morgan fingerprint density at radius 3 is 2.20 bits per heavy atom. The van der Waals surface area contributed by atoms with Crippen molar-refractivity contribution >= 4 is 12.1 Å². The molecular formula is C15H27NO4. The molecule has 0 aromatic rings. The molecule has 116 valence electrons. The minimum absolute atomic E-state index is 0.105. The lowest BCUT2D eigenvalue weighted by Gasteiger charge is -2.45. The first-order valence-corrected chi connectivity index (χ1v) is 7.13. The van der Waals surface area contributed by atoms with Gasteiger partial charge in [0.1, 0.15) is 11.1 Å². The van der Waals surface area contributed by atoms with E-state index in [1.165, 1.54) is 0 Å². The van der Waals surface area contributed by atoms with Crippen molar-refractivity contribution in [1.29, 1.82) is 0 Å². The molecule has 0 saturated heterocycles. The van der Waals surface area contributed by atoms with Crippen molar-refractivity contribution in [1.82, 2.24) is 5.32 Å². The standard InChI is InChI=1S/C15H27NO4/c1-10-9-14(5,6)7-8-15(10,11(17)18)16-12(19)20-13(2,3)4/h10H,7-9H2,1-6H3,(H,16,19)(H,17,18). The van der Waals surface area contributed by atoms with Crippen LogP contribution in [0.4, 0.5) is 4.79 Å². The summed E-state index contributed by atoms with van der Waals surface area (Å²) in [6, 6.07) is 0. The average molecular weight is 285 g/mol. The zero-order chi connectivity index (χ0) is 15.8. The first-order chi connectivity index (χ1) is 8.88. The highest BCUT2D eigenvalue weighted by molar-refractivity contribution is 5.85. The van der Waals surface area contributed by atoms with Gasteiger partial charge in [-0.3, -0.25) is 0 Å². The van der Waals surface area contributed by atoms with Crippen LogP contribution >= 0.6 is 0 Å². The number of aliphatic carboxylic acids is 1. The second-order valence-electron chi connectivity index (χ2n) is 7.67. The first-order valence-electron chi connectivity index (χ1n) is 7.13. The molecule has 2 unspecified atom stereocenters. The summed E-state index contributed by atoms with van der Waals surface area (Å²) in [6.45, 7) is 11.4. The highest BCUT2D eigenvalue weighted by Crippen LogP contribution is 2.44. The Kier molecular flexibility index (Phi) is 4.42. The lowest BCUT2D eigenvalue weighted by atomic mass is 9.64. The van der Waals surface area contributed by atoms with Gasteiger partial charge in [-0.1, -0.05) is 20.8 Å². The summed E-state index contributed by atoms with van der Waals surface area (Å²) in [5.74, 6) is -1.12. The fraction of sp³-hybridized carbons (Fsp3) is 0.867. The van der Waals surface area contributed by atoms with Crippen LogP contribution in [0.2, 0.25) is 0 Å². The van der Waals surface area contributed by atoms with E-state index in [1.807, 2.05) is 6.92 Å². The van der Waals surface area contributed by atoms with E-state index in [9.17, 15) is 14.7 Å². The summed E-state index contributed by atoms with van der Waals surface area (Å²) in [4.78, 5) is 23.7. The van der Waals surface area contributed by atoms with Gasteiger partial charge in [0.2, 0.25) is 0 Å². The summed E-state index contributed by atoms with van der Waals surface area (Å²) >= 11 is 0. The molecule has 0 heterocycles. The van der Waals surface area contributed by atoms with Gasteiger partial charge in [-0.25, -0.2) is 9.59 Å². The predicted molar refractivity (Wildman–Crippen MR) is 76.5 cm³/mol. The molecule has 0 radical (unpaired) electrons. The number of hydrogen-bond donors (Lipinski definition) is 2. The smallest absolute Gasteiger partial charge is 0.408 e. The number of carboxylic acid groups (broad SMARTS) is 1. The number of carbonyl (C=O) groups is 2. The Morgan fingerprint density at radius 2 is 1.80 bits per heavy atom. The molecule has 1 amide bonds. The maximum absolute atomic E-state index is 11.9. The van der Waals surface area contributed by atoms with E-state index in [2.05, 4.69) is 19.2 Å².